The average molecular weight is 419 g/mol. The van der Waals surface area contributed by atoms with Crippen LogP contribution in [0.5, 0.6) is 0 Å². The Hall–Kier alpha value is -2.82. The number of alkyl halides is 2. The quantitative estimate of drug-likeness (QED) is 0.779. The minimum atomic E-state index is -2.86. The maximum absolute atomic E-state index is 13.9. The Balaban J connectivity index is 1.32. The summed E-state index contributed by atoms with van der Waals surface area (Å²) in [6, 6.07) is 0.993. The molecular weight excluding hydrogens is 396 g/mol. The molecule has 0 aromatic carbocycles. The number of fused-ring (bicyclic) bond motifs is 1. The first-order valence-electron chi connectivity index (χ1n) is 10.1. The first kappa shape index (κ1) is 19.2. The van der Waals surface area contributed by atoms with Gasteiger partial charge in [-0.3, -0.25) is 4.79 Å². The van der Waals surface area contributed by atoms with Crippen LogP contribution < -0.4 is 15.5 Å². The topological polar surface area (TPSA) is 105 Å². The number of hydrogen-bond donors (Lipinski definition) is 1. The molecule has 0 bridgehead atoms. The SMILES string of the molecule is N[C@H]1CN(c2cc(N3CCc4nocc4C3)ncn2)C[C@@H]1N1CC(F)(F)CCC1=O. The summed E-state index contributed by atoms with van der Waals surface area (Å²) in [6.45, 7) is 1.65. The van der Waals surface area contributed by atoms with Crippen molar-refractivity contribution in [2.24, 2.45) is 5.73 Å². The molecule has 2 N–H and O–H groups in total. The fourth-order valence-electron chi connectivity index (χ4n) is 4.50. The van der Waals surface area contributed by atoms with Crippen molar-refractivity contribution in [2.45, 2.75) is 43.8 Å². The number of piperidine rings is 1. The summed E-state index contributed by atoms with van der Waals surface area (Å²) in [5.74, 6) is -1.68. The molecule has 9 nitrogen and oxygen atoms in total. The van der Waals surface area contributed by atoms with E-state index in [9.17, 15) is 13.6 Å². The van der Waals surface area contributed by atoms with Gasteiger partial charge in [-0.25, -0.2) is 18.7 Å². The van der Waals surface area contributed by atoms with Crippen LogP contribution in [0.1, 0.15) is 24.1 Å². The fraction of sp³-hybridized carbons (Fsp3) is 0.579. The Morgan fingerprint density at radius 3 is 2.80 bits per heavy atom. The molecule has 3 aliphatic heterocycles. The Morgan fingerprint density at radius 1 is 1.17 bits per heavy atom. The van der Waals surface area contributed by atoms with E-state index in [0.29, 0.717) is 25.5 Å². The summed E-state index contributed by atoms with van der Waals surface area (Å²) in [5.41, 5.74) is 8.26. The molecule has 11 heteroatoms. The Labute approximate surface area is 171 Å². The summed E-state index contributed by atoms with van der Waals surface area (Å²) < 4.78 is 32.8. The third kappa shape index (κ3) is 3.47. The predicted molar refractivity (Wildman–Crippen MR) is 103 cm³/mol. The number of aromatic nitrogens is 3. The minimum absolute atomic E-state index is 0.145. The van der Waals surface area contributed by atoms with Gasteiger partial charge in [0.2, 0.25) is 5.91 Å². The lowest BCUT2D eigenvalue weighted by Crippen LogP contribution is -2.56. The van der Waals surface area contributed by atoms with Crippen LogP contribution in [0.25, 0.3) is 0 Å². The molecule has 2 atom stereocenters. The van der Waals surface area contributed by atoms with Crippen LogP contribution in [0.4, 0.5) is 20.4 Å². The van der Waals surface area contributed by atoms with E-state index in [1.807, 2.05) is 11.0 Å². The van der Waals surface area contributed by atoms with Gasteiger partial charge in [0.25, 0.3) is 5.92 Å². The number of nitrogens with zero attached hydrogens (tertiary/aromatic N) is 6. The molecule has 0 aliphatic carbocycles. The van der Waals surface area contributed by atoms with Crippen LogP contribution in [-0.2, 0) is 17.8 Å². The van der Waals surface area contributed by atoms with Crippen molar-refractivity contribution in [3.63, 3.8) is 0 Å². The molecule has 0 spiro atoms. The van der Waals surface area contributed by atoms with Crippen molar-refractivity contribution < 1.29 is 18.1 Å². The number of likely N-dealkylation sites (tertiary alicyclic amines) is 1. The number of nitrogens with two attached hydrogens (primary N) is 1. The Morgan fingerprint density at radius 2 is 1.97 bits per heavy atom. The molecule has 1 amide bonds. The summed E-state index contributed by atoms with van der Waals surface area (Å²) >= 11 is 0. The van der Waals surface area contributed by atoms with Crippen molar-refractivity contribution in [3.05, 3.63) is 29.9 Å². The van der Waals surface area contributed by atoms with Crippen LogP contribution in [-0.4, -0.2) is 70.1 Å². The normalized spacial score (nSPS) is 26.2. The largest absolute Gasteiger partial charge is 0.364 e. The van der Waals surface area contributed by atoms with Gasteiger partial charge in [-0.15, -0.1) is 0 Å². The molecule has 2 saturated heterocycles. The lowest BCUT2D eigenvalue weighted by atomic mass is 10.0. The van der Waals surface area contributed by atoms with Crippen LogP contribution in [0.15, 0.2) is 23.2 Å². The summed E-state index contributed by atoms with van der Waals surface area (Å²) in [7, 11) is 0. The van der Waals surface area contributed by atoms with E-state index in [2.05, 4.69) is 20.0 Å². The molecule has 3 aliphatic rings. The fourth-order valence-corrected chi connectivity index (χ4v) is 4.50. The second-order valence-electron chi connectivity index (χ2n) is 8.21. The van der Waals surface area contributed by atoms with E-state index in [0.717, 1.165) is 30.0 Å². The monoisotopic (exact) mass is 419 g/mol. The van der Waals surface area contributed by atoms with Gasteiger partial charge in [-0.2, -0.15) is 0 Å². The number of amides is 1. The lowest BCUT2D eigenvalue weighted by molar-refractivity contribution is -0.150. The van der Waals surface area contributed by atoms with E-state index in [1.54, 1.807) is 6.26 Å². The highest BCUT2D eigenvalue weighted by Crippen LogP contribution is 2.32. The van der Waals surface area contributed by atoms with Gasteiger partial charge in [-0.1, -0.05) is 5.16 Å². The number of hydrogen-bond acceptors (Lipinski definition) is 8. The number of carbonyl (C=O) groups excluding carboxylic acids is 1. The molecule has 2 aromatic heterocycles. The zero-order valence-electron chi connectivity index (χ0n) is 16.4. The molecule has 5 rings (SSSR count). The molecule has 30 heavy (non-hydrogen) atoms. The van der Waals surface area contributed by atoms with E-state index >= 15 is 0 Å². The van der Waals surface area contributed by atoms with Crippen LogP contribution in [0, 0.1) is 0 Å². The van der Waals surface area contributed by atoms with E-state index < -0.39 is 31.0 Å². The standard InChI is InChI=1S/C19H23F2N7O2/c20-19(21)3-1-18(29)28(10-19)15-8-27(7-13(15)22)17-5-16(23-11-24-17)26-4-2-14-12(6-26)9-30-25-14/h5,9,11,13,15H,1-4,6-8,10,22H2/t13-,15-/m0/s1. The van der Waals surface area contributed by atoms with Gasteiger partial charge in [0.1, 0.15) is 24.2 Å². The zero-order chi connectivity index (χ0) is 20.9. The van der Waals surface area contributed by atoms with Crippen LogP contribution in [0.3, 0.4) is 0 Å². The molecule has 0 radical (unpaired) electrons. The molecule has 160 valence electrons. The second kappa shape index (κ2) is 7.15. The van der Waals surface area contributed by atoms with Crippen molar-refractivity contribution >= 4 is 17.5 Å². The van der Waals surface area contributed by atoms with Crippen molar-refractivity contribution in [3.8, 4) is 0 Å². The average Bonchev–Trinajstić information content (AvgIpc) is 3.36. The van der Waals surface area contributed by atoms with Crippen LogP contribution >= 0.6 is 0 Å². The first-order chi connectivity index (χ1) is 14.4. The molecular formula is C19H23F2N7O2. The van der Waals surface area contributed by atoms with Gasteiger partial charge in [-0.05, 0) is 0 Å². The number of rotatable bonds is 3. The maximum atomic E-state index is 13.9. The van der Waals surface area contributed by atoms with Gasteiger partial charge in [0.05, 0.1) is 18.3 Å². The number of carbonyl (C=O) groups is 1. The van der Waals surface area contributed by atoms with Gasteiger partial charge < -0.3 is 25.0 Å². The predicted octanol–water partition coefficient (Wildman–Crippen LogP) is 0.801. The highest BCUT2D eigenvalue weighted by molar-refractivity contribution is 5.78. The highest BCUT2D eigenvalue weighted by atomic mass is 19.3. The molecule has 2 fully saturated rings. The smallest absolute Gasteiger partial charge is 0.265 e. The zero-order valence-corrected chi connectivity index (χ0v) is 16.4. The third-order valence-corrected chi connectivity index (χ3v) is 6.15. The lowest BCUT2D eigenvalue weighted by Gasteiger charge is -2.37. The summed E-state index contributed by atoms with van der Waals surface area (Å²) in [4.78, 5) is 26.3. The summed E-state index contributed by atoms with van der Waals surface area (Å²) in [6.07, 6.45) is 3.37. The van der Waals surface area contributed by atoms with Gasteiger partial charge in [0.15, 0.2) is 0 Å². The minimum Gasteiger partial charge on any atom is -0.364 e. The van der Waals surface area contributed by atoms with E-state index in [4.69, 9.17) is 10.3 Å². The van der Waals surface area contributed by atoms with Crippen molar-refractivity contribution in [1.29, 1.82) is 0 Å². The number of anilines is 2. The van der Waals surface area contributed by atoms with Crippen molar-refractivity contribution in [2.75, 3.05) is 36.0 Å². The Kier molecular flexibility index (Phi) is 4.57. The highest BCUT2D eigenvalue weighted by Gasteiger charge is 2.45. The van der Waals surface area contributed by atoms with Gasteiger partial charge >= 0.3 is 0 Å². The maximum Gasteiger partial charge on any atom is 0.265 e. The molecule has 0 unspecified atom stereocenters. The van der Waals surface area contributed by atoms with Crippen molar-refractivity contribution in [1.82, 2.24) is 20.0 Å². The van der Waals surface area contributed by atoms with Crippen LogP contribution in [0.2, 0.25) is 0 Å². The molecule has 0 saturated carbocycles. The molecule has 5 heterocycles. The van der Waals surface area contributed by atoms with Gasteiger partial charge in [0, 0.05) is 63.1 Å². The third-order valence-electron chi connectivity index (χ3n) is 6.15. The molecule has 2 aromatic rings. The first-order valence-corrected chi connectivity index (χ1v) is 10.1. The van der Waals surface area contributed by atoms with E-state index in [-0.39, 0.29) is 12.3 Å². The second-order valence-corrected chi connectivity index (χ2v) is 8.21. The number of halogens is 2. The van der Waals surface area contributed by atoms with E-state index in [1.165, 1.54) is 11.2 Å². The Bertz CT molecular complexity index is 952. The summed E-state index contributed by atoms with van der Waals surface area (Å²) in [5, 5.41) is 4.00.